The van der Waals surface area contributed by atoms with Gasteiger partial charge in [-0.15, -0.1) is 0 Å². The Balaban J connectivity index is 1.98. The molecule has 2 fully saturated rings. The molecule has 0 spiro atoms. The number of amides is 2. The first-order chi connectivity index (χ1) is 11.8. The number of thioether (sulfide) groups is 1. The lowest BCUT2D eigenvalue weighted by atomic mass is 10.0. The van der Waals surface area contributed by atoms with E-state index in [2.05, 4.69) is 29.2 Å². The summed E-state index contributed by atoms with van der Waals surface area (Å²) in [5.41, 5.74) is 3.19. The molecule has 2 N–H and O–H groups in total. The molecule has 25 heavy (non-hydrogen) atoms. The van der Waals surface area contributed by atoms with Crippen LogP contribution in [0.5, 0.6) is 0 Å². The van der Waals surface area contributed by atoms with Crippen molar-refractivity contribution in [1.82, 2.24) is 10.2 Å². The van der Waals surface area contributed by atoms with Gasteiger partial charge in [0, 0.05) is 30.5 Å². The SMILES string of the molecule is CC(=N)c1ccc(N2CCC(N(C)C)C2)c(/C=C2\SC(=O)NC2=O)c1. The van der Waals surface area contributed by atoms with E-state index in [9.17, 15) is 9.59 Å². The minimum absolute atomic E-state index is 0.342. The molecule has 0 bridgehead atoms. The van der Waals surface area contributed by atoms with Gasteiger partial charge in [-0.05, 0) is 68.5 Å². The zero-order chi connectivity index (χ0) is 18.1. The molecule has 2 amide bonds. The van der Waals surface area contributed by atoms with Crippen molar-refractivity contribution in [2.45, 2.75) is 19.4 Å². The standard InChI is InChI=1S/C18H22N4O2S/c1-11(19)12-4-5-15(22-7-6-14(10-22)21(2)3)13(8-12)9-16-17(23)20-18(24)25-16/h4-5,8-9,14,19H,6-7,10H2,1-3H3,(H,20,23,24)/b16-9-,19-11?. The second-order valence-electron chi connectivity index (χ2n) is 6.60. The van der Waals surface area contributed by atoms with Gasteiger partial charge in [0.1, 0.15) is 0 Å². The molecule has 0 aromatic heterocycles. The van der Waals surface area contributed by atoms with E-state index >= 15 is 0 Å². The van der Waals surface area contributed by atoms with Gasteiger partial charge in [-0.1, -0.05) is 6.07 Å². The summed E-state index contributed by atoms with van der Waals surface area (Å²) in [7, 11) is 4.17. The Morgan fingerprint density at radius 1 is 1.40 bits per heavy atom. The Bertz CT molecular complexity index is 772. The van der Waals surface area contributed by atoms with Crippen molar-refractivity contribution >= 4 is 40.4 Å². The molecular formula is C18H22N4O2S. The molecule has 1 aromatic rings. The summed E-state index contributed by atoms with van der Waals surface area (Å²) in [6, 6.07) is 6.37. The minimum atomic E-state index is -0.356. The van der Waals surface area contributed by atoms with Gasteiger partial charge < -0.3 is 15.2 Å². The molecule has 1 aromatic carbocycles. The van der Waals surface area contributed by atoms with Crippen LogP contribution in [0.2, 0.25) is 0 Å². The molecule has 2 heterocycles. The summed E-state index contributed by atoms with van der Waals surface area (Å²) in [4.78, 5) is 28.3. The zero-order valence-corrected chi connectivity index (χ0v) is 15.4. The number of hydrogen-bond acceptors (Lipinski definition) is 6. The Labute approximate surface area is 151 Å². The Hall–Kier alpha value is -2.12. The molecule has 7 heteroatoms. The van der Waals surface area contributed by atoms with Gasteiger partial charge in [0.15, 0.2) is 0 Å². The van der Waals surface area contributed by atoms with Crippen LogP contribution in [0.4, 0.5) is 10.5 Å². The number of carbonyl (C=O) groups excluding carboxylic acids is 2. The van der Waals surface area contributed by atoms with Gasteiger partial charge in [0.25, 0.3) is 11.1 Å². The second kappa shape index (κ2) is 7.01. The number of anilines is 1. The van der Waals surface area contributed by atoms with E-state index in [0.29, 0.717) is 16.7 Å². The van der Waals surface area contributed by atoms with Crippen LogP contribution in [0, 0.1) is 5.41 Å². The summed E-state index contributed by atoms with van der Waals surface area (Å²) < 4.78 is 0. The molecule has 6 nitrogen and oxygen atoms in total. The minimum Gasteiger partial charge on any atom is -0.369 e. The van der Waals surface area contributed by atoms with Crippen molar-refractivity contribution in [3.8, 4) is 0 Å². The first-order valence-corrected chi connectivity index (χ1v) is 9.02. The number of likely N-dealkylation sites (N-methyl/N-ethyl adjacent to an activating group) is 1. The lowest BCUT2D eigenvalue weighted by molar-refractivity contribution is -0.115. The third kappa shape index (κ3) is 3.77. The molecule has 2 aliphatic rings. The predicted octanol–water partition coefficient (Wildman–Crippen LogP) is 2.54. The predicted molar refractivity (Wildman–Crippen MR) is 102 cm³/mol. The normalized spacial score (nSPS) is 22.2. The summed E-state index contributed by atoms with van der Waals surface area (Å²) in [6.45, 7) is 3.61. The van der Waals surface area contributed by atoms with Gasteiger partial charge in [-0.2, -0.15) is 0 Å². The van der Waals surface area contributed by atoms with Crippen LogP contribution >= 0.6 is 11.8 Å². The van der Waals surface area contributed by atoms with Crippen LogP contribution in [0.25, 0.3) is 6.08 Å². The van der Waals surface area contributed by atoms with Crippen LogP contribution < -0.4 is 10.2 Å². The van der Waals surface area contributed by atoms with Crippen molar-refractivity contribution < 1.29 is 9.59 Å². The molecule has 0 saturated carbocycles. The molecule has 1 atom stereocenters. The first kappa shape index (κ1) is 17.7. The fourth-order valence-corrected chi connectivity index (χ4v) is 3.81. The van der Waals surface area contributed by atoms with Gasteiger partial charge in [0.05, 0.1) is 4.91 Å². The second-order valence-corrected chi connectivity index (χ2v) is 7.62. The monoisotopic (exact) mass is 358 g/mol. The average Bonchev–Trinajstić information content (AvgIpc) is 3.14. The lowest BCUT2D eigenvalue weighted by Gasteiger charge is -2.24. The Morgan fingerprint density at radius 2 is 2.16 bits per heavy atom. The lowest BCUT2D eigenvalue weighted by Crippen LogP contribution is -2.31. The van der Waals surface area contributed by atoms with Crippen LogP contribution in [-0.4, -0.2) is 55.0 Å². The van der Waals surface area contributed by atoms with Crippen LogP contribution in [0.3, 0.4) is 0 Å². The summed E-state index contributed by atoms with van der Waals surface area (Å²) in [5.74, 6) is -0.356. The van der Waals surface area contributed by atoms with E-state index in [1.807, 2.05) is 18.2 Å². The number of nitrogens with zero attached hydrogens (tertiary/aromatic N) is 2. The average molecular weight is 358 g/mol. The third-order valence-corrected chi connectivity index (χ3v) is 5.43. The molecule has 0 aliphatic carbocycles. The molecule has 3 rings (SSSR count). The highest BCUT2D eigenvalue weighted by atomic mass is 32.2. The van der Waals surface area contributed by atoms with E-state index < -0.39 is 0 Å². The van der Waals surface area contributed by atoms with Gasteiger partial charge >= 0.3 is 0 Å². The number of hydrogen-bond donors (Lipinski definition) is 2. The Kier molecular flexibility index (Phi) is 4.96. The number of carbonyl (C=O) groups is 2. The summed E-state index contributed by atoms with van der Waals surface area (Å²) in [5, 5.41) is 9.83. The maximum absolute atomic E-state index is 11.9. The summed E-state index contributed by atoms with van der Waals surface area (Å²) >= 11 is 0.921. The third-order valence-electron chi connectivity index (χ3n) is 4.62. The van der Waals surface area contributed by atoms with Crippen molar-refractivity contribution in [3.05, 3.63) is 34.2 Å². The van der Waals surface area contributed by atoms with Gasteiger partial charge in [0.2, 0.25) is 0 Å². The van der Waals surface area contributed by atoms with Crippen molar-refractivity contribution in [2.75, 3.05) is 32.1 Å². The molecule has 1 unspecified atom stereocenters. The fraction of sp³-hybridized carbons (Fsp3) is 0.389. The number of rotatable bonds is 4. The smallest absolute Gasteiger partial charge is 0.290 e. The maximum atomic E-state index is 11.9. The highest BCUT2D eigenvalue weighted by Crippen LogP contribution is 2.32. The molecule has 2 aliphatic heterocycles. The molecule has 132 valence electrons. The van der Waals surface area contributed by atoms with Crippen LogP contribution in [-0.2, 0) is 4.79 Å². The topological polar surface area (TPSA) is 76.5 Å². The fourth-order valence-electron chi connectivity index (χ4n) is 3.14. The number of imide groups is 1. The largest absolute Gasteiger partial charge is 0.369 e. The van der Waals surface area contributed by atoms with E-state index in [0.717, 1.165) is 48.1 Å². The highest BCUT2D eigenvalue weighted by molar-refractivity contribution is 8.18. The maximum Gasteiger partial charge on any atom is 0.290 e. The molecular weight excluding hydrogens is 336 g/mol. The highest BCUT2D eigenvalue weighted by Gasteiger charge is 2.28. The van der Waals surface area contributed by atoms with E-state index in [4.69, 9.17) is 5.41 Å². The van der Waals surface area contributed by atoms with Gasteiger partial charge in [-0.3, -0.25) is 14.9 Å². The zero-order valence-electron chi connectivity index (χ0n) is 14.6. The van der Waals surface area contributed by atoms with Crippen molar-refractivity contribution in [1.29, 1.82) is 5.41 Å². The quantitative estimate of drug-likeness (QED) is 0.639. The molecule has 2 saturated heterocycles. The van der Waals surface area contributed by atoms with Crippen LogP contribution in [0.15, 0.2) is 23.1 Å². The molecule has 0 radical (unpaired) electrons. The van der Waals surface area contributed by atoms with Crippen molar-refractivity contribution in [2.24, 2.45) is 0 Å². The number of nitrogens with one attached hydrogen (secondary N) is 2. The van der Waals surface area contributed by atoms with E-state index in [-0.39, 0.29) is 11.1 Å². The number of benzene rings is 1. The van der Waals surface area contributed by atoms with E-state index in [1.54, 1.807) is 13.0 Å². The van der Waals surface area contributed by atoms with E-state index in [1.165, 1.54) is 0 Å². The van der Waals surface area contributed by atoms with Crippen LogP contribution in [0.1, 0.15) is 24.5 Å². The van der Waals surface area contributed by atoms with Crippen molar-refractivity contribution in [3.63, 3.8) is 0 Å². The van der Waals surface area contributed by atoms with Gasteiger partial charge in [-0.25, -0.2) is 0 Å². The summed E-state index contributed by atoms with van der Waals surface area (Å²) in [6.07, 6.45) is 2.84. The first-order valence-electron chi connectivity index (χ1n) is 8.21. The Morgan fingerprint density at radius 3 is 2.72 bits per heavy atom.